The monoisotopic (exact) mass is 418 g/mol. The van der Waals surface area contributed by atoms with Crippen LogP contribution in [0.25, 0.3) is 0 Å². The van der Waals surface area contributed by atoms with Crippen molar-refractivity contribution in [3.63, 3.8) is 0 Å². The number of sulfonamides is 1. The van der Waals surface area contributed by atoms with E-state index in [4.69, 9.17) is 9.47 Å². The van der Waals surface area contributed by atoms with E-state index in [1.807, 2.05) is 19.1 Å². The second kappa shape index (κ2) is 8.73. The smallest absolute Gasteiger partial charge is 0.236 e. The second-order valence-electron chi connectivity index (χ2n) is 6.97. The summed E-state index contributed by atoms with van der Waals surface area (Å²) in [6.45, 7) is 2.69. The number of carbonyl (C=O) groups is 1. The molecule has 156 valence electrons. The van der Waals surface area contributed by atoms with Gasteiger partial charge in [-0.15, -0.1) is 0 Å². The van der Waals surface area contributed by atoms with E-state index in [1.54, 1.807) is 29.2 Å². The zero-order chi connectivity index (χ0) is 21.0. The fourth-order valence-corrected chi connectivity index (χ4v) is 4.64. The highest BCUT2D eigenvalue weighted by molar-refractivity contribution is 7.91. The number of methoxy groups -OCH3 is 2. The number of fused-ring (bicyclic) bond motifs is 1. The highest BCUT2D eigenvalue weighted by Crippen LogP contribution is 2.31. The Balaban J connectivity index is 1.80. The van der Waals surface area contributed by atoms with Crippen molar-refractivity contribution < 1.29 is 22.7 Å². The Morgan fingerprint density at radius 2 is 1.72 bits per heavy atom. The maximum Gasteiger partial charge on any atom is 0.236 e. The molecule has 0 spiro atoms. The molecule has 2 aromatic carbocycles. The third-order valence-corrected chi connectivity index (χ3v) is 6.03. The quantitative estimate of drug-likeness (QED) is 0.711. The molecule has 1 aliphatic rings. The minimum Gasteiger partial charge on any atom is -0.497 e. The number of nitrogens with one attached hydrogen (secondary N) is 1. The topological polar surface area (TPSA) is 84.9 Å². The second-order valence-corrected chi connectivity index (χ2v) is 8.69. The van der Waals surface area contributed by atoms with Gasteiger partial charge in [-0.05, 0) is 54.3 Å². The molecule has 0 aromatic heterocycles. The minimum absolute atomic E-state index is 0.111. The van der Waals surface area contributed by atoms with Crippen LogP contribution in [0.15, 0.2) is 36.4 Å². The highest BCUT2D eigenvalue weighted by Gasteiger charge is 2.24. The summed E-state index contributed by atoms with van der Waals surface area (Å²) in [5.41, 5.74) is 2.89. The van der Waals surface area contributed by atoms with Gasteiger partial charge in [0.2, 0.25) is 15.9 Å². The van der Waals surface area contributed by atoms with Gasteiger partial charge in [-0.1, -0.05) is 6.92 Å². The summed E-state index contributed by atoms with van der Waals surface area (Å²) >= 11 is 0. The zero-order valence-electron chi connectivity index (χ0n) is 16.9. The summed E-state index contributed by atoms with van der Waals surface area (Å²) < 4.78 is 38.4. The number of ether oxygens (including phenoxy) is 2. The molecule has 7 nitrogen and oxygen atoms in total. The van der Waals surface area contributed by atoms with Gasteiger partial charge in [-0.3, -0.25) is 9.52 Å². The summed E-state index contributed by atoms with van der Waals surface area (Å²) in [5, 5.41) is 0. The van der Waals surface area contributed by atoms with Crippen molar-refractivity contribution >= 4 is 27.3 Å². The molecular formula is C21H26N2O5S. The van der Waals surface area contributed by atoms with Crippen molar-refractivity contribution in [2.24, 2.45) is 0 Å². The molecule has 1 aliphatic heterocycles. The largest absolute Gasteiger partial charge is 0.497 e. The summed E-state index contributed by atoms with van der Waals surface area (Å²) in [4.78, 5) is 13.9. The molecule has 0 radical (unpaired) electrons. The molecule has 29 heavy (non-hydrogen) atoms. The number of anilines is 2. The molecule has 0 saturated heterocycles. The average molecular weight is 419 g/mol. The predicted molar refractivity (Wildman–Crippen MR) is 113 cm³/mol. The number of rotatable bonds is 8. The van der Waals surface area contributed by atoms with Gasteiger partial charge >= 0.3 is 0 Å². The fraction of sp³-hybridized carbons (Fsp3) is 0.381. The van der Waals surface area contributed by atoms with Gasteiger partial charge in [0, 0.05) is 30.4 Å². The van der Waals surface area contributed by atoms with Gasteiger partial charge in [0.05, 0.1) is 20.0 Å². The van der Waals surface area contributed by atoms with Crippen LogP contribution < -0.4 is 19.1 Å². The number of benzene rings is 2. The minimum atomic E-state index is -3.64. The molecule has 0 bridgehead atoms. The van der Waals surface area contributed by atoms with E-state index in [2.05, 4.69) is 4.72 Å². The van der Waals surface area contributed by atoms with Gasteiger partial charge in [0.1, 0.15) is 11.5 Å². The molecule has 1 heterocycles. The van der Waals surface area contributed by atoms with Crippen molar-refractivity contribution in [1.29, 1.82) is 0 Å². The fourth-order valence-electron chi connectivity index (χ4n) is 3.48. The van der Waals surface area contributed by atoms with Crippen LogP contribution >= 0.6 is 0 Å². The van der Waals surface area contributed by atoms with Crippen LogP contribution in [-0.4, -0.2) is 35.1 Å². The molecule has 8 heteroatoms. The van der Waals surface area contributed by atoms with Crippen LogP contribution in [0.2, 0.25) is 0 Å². The van der Waals surface area contributed by atoms with Gasteiger partial charge in [0.25, 0.3) is 0 Å². The molecule has 2 aromatic rings. The van der Waals surface area contributed by atoms with E-state index in [9.17, 15) is 13.2 Å². The molecular weight excluding hydrogens is 392 g/mol. The Hall–Kier alpha value is -2.74. The number of carbonyl (C=O) groups excluding carboxylic acids is 1. The number of hydrogen-bond donors (Lipinski definition) is 1. The van der Waals surface area contributed by atoms with Crippen molar-refractivity contribution in [3.05, 3.63) is 47.5 Å². The normalized spacial score (nSPS) is 13.8. The lowest BCUT2D eigenvalue weighted by atomic mass is 10.0. The highest BCUT2D eigenvalue weighted by atomic mass is 32.2. The zero-order valence-corrected chi connectivity index (χ0v) is 17.7. The molecule has 0 saturated carbocycles. The first-order chi connectivity index (χ1) is 13.8. The Labute approximate surface area is 171 Å². The van der Waals surface area contributed by atoms with E-state index in [0.29, 0.717) is 42.1 Å². The van der Waals surface area contributed by atoms with Crippen LogP contribution in [0.4, 0.5) is 11.4 Å². The third-order valence-electron chi connectivity index (χ3n) is 4.77. The summed E-state index contributed by atoms with van der Waals surface area (Å²) in [5.74, 6) is 0.964. The lowest BCUT2D eigenvalue weighted by Crippen LogP contribution is -2.35. The first kappa shape index (κ1) is 21.0. The van der Waals surface area contributed by atoms with Crippen LogP contribution in [0, 0.1) is 0 Å². The SMILES string of the molecule is CCCN1C(=O)CCc2cc(NS(=O)(=O)Cc3cc(OC)cc(OC)c3)ccc21. The van der Waals surface area contributed by atoms with Crippen molar-refractivity contribution in [2.45, 2.75) is 31.9 Å². The van der Waals surface area contributed by atoms with E-state index >= 15 is 0 Å². The van der Waals surface area contributed by atoms with Crippen molar-refractivity contribution in [2.75, 3.05) is 30.4 Å². The van der Waals surface area contributed by atoms with E-state index in [1.165, 1.54) is 14.2 Å². The first-order valence-corrected chi connectivity index (χ1v) is 11.2. The third kappa shape index (κ3) is 5.00. The maximum atomic E-state index is 12.7. The summed E-state index contributed by atoms with van der Waals surface area (Å²) in [6.07, 6.45) is 1.91. The van der Waals surface area contributed by atoms with Gasteiger partial charge < -0.3 is 14.4 Å². The van der Waals surface area contributed by atoms with Gasteiger partial charge in [-0.25, -0.2) is 8.42 Å². The Morgan fingerprint density at radius 1 is 1.03 bits per heavy atom. The maximum absolute atomic E-state index is 12.7. The lowest BCUT2D eigenvalue weighted by molar-refractivity contribution is -0.118. The Kier molecular flexibility index (Phi) is 6.32. The molecule has 0 aliphatic carbocycles. The number of nitrogens with zero attached hydrogens (tertiary/aromatic N) is 1. The number of hydrogen-bond acceptors (Lipinski definition) is 5. The molecule has 0 unspecified atom stereocenters. The van der Waals surface area contributed by atoms with Crippen molar-refractivity contribution in [3.8, 4) is 11.5 Å². The average Bonchev–Trinajstić information content (AvgIpc) is 2.69. The van der Waals surface area contributed by atoms with Crippen LogP contribution in [0.3, 0.4) is 0 Å². The lowest BCUT2D eigenvalue weighted by Gasteiger charge is -2.29. The van der Waals surface area contributed by atoms with Crippen LogP contribution in [0.1, 0.15) is 30.9 Å². The van der Waals surface area contributed by atoms with Gasteiger partial charge in [-0.2, -0.15) is 0 Å². The van der Waals surface area contributed by atoms with Crippen molar-refractivity contribution in [1.82, 2.24) is 0 Å². The van der Waals surface area contributed by atoms with Crippen LogP contribution in [0.5, 0.6) is 11.5 Å². The molecule has 1 N–H and O–H groups in total. The van der Waals surface area contributed by atoms with E-state index in [0.717, 1.165) is 17.7 Å². The van der Waals surface area contributed by atoms with E-state index in [-0.39, 0.29) is 11.7 Å². The number of aryl methyl sites for hydroxylation is 1. The standard InChI is InChI=1S/C21H26N2O5S/c1-4-9-23-20-7-6-17(12-16(20)5-8-21(23)24)22-29(25,26)14-15-10-18(27-2)13-19(11-15)28-3/h6-7,10-13,22H,4-5,8-9,14H2,1-3H3. The first-order valence-electron chi connectivity index (χ1n) is 9.51. The van der Waals surface area contributed by atoms with Gasteiger partial charge in [0.15, 0.2) is 0 Å². The Morgan fingerprint density at radius 3 is 2.34 bits per heavy atom. The molecule has 3 rings (SSSR count). The molecule has 0 atom stereocenters. The van der Waals surface area contributed by atoms with Crippen LogP contribution in [-0.2, 0) is 27.0 Å². The Bertz CT molecular complexity index is 982. The summed E-state index contributed by atoms with van der Waals surface area (Å²) in [7, 11) is -0.603. The molecule has 1 amide bonds. The van der Waals surface area contributed by atoms with E-state index < -0.39 is 10.0 Å². The predicted octanol–water partition coefficient (Wildman–Crippen LogP) is 3.33. The summed E-state index contributed by atoms with van der Waals surface area (Å²) in [6, 6.07) is 10.4. The number of amides is 1. The molecule has 0 fully saturated rings.